The molecule has 406 valence electrons. The van der Waals surface area contributed by atoms with Gasteiger partial charge in [-0.25, -0.2) is 40.9 Å². The van der Waals surface area contributed by atoms with Crippen molar-refractivity contribution in [3.63, 3.8) is 0 Å². The summed E-state index contributed by atoms with van der Waals surface area (Å²) in [5.41, 5.74) is -0.814. The molecular formula is C52H68F6N8O8. The lowest BCUT2D eigenvalue weighted by molar-refractivity contribution is -0.140. The molecule has 0 aliphatic carbocycles. The molecule has 2 saturated heterocycles. The molecule has 2 aromatic carbocycles. The van der Waals surface area contributed by atoms with Crippen molar-refractivity contribution in [1.82, 2.24) is 39.5 Å². The molecule has 5 amide bonds. The third-order valence-electron chi connectivity index (χ3n) is 13.6. The maximum atomic E-state index is 15.7. The van der Waals surface area contributed by atoms with Gasteiger partial charge in [-0.2, -0.15) is 0 Å². The van der Waals surface area contributed by atoms with E-state index in [1.54, 1.807) is 55.4 Å². The minimum atomic E-state index is -3.41. The number of fused-ring (bicyclic) bond motifs is 2. The zero-order valence-corrected chi connectivity index (χ0v) is 44.0. The van der Waals surface area contributed by atoms with Crippen LogP contribution in [-0.4, -0.2) is 150 Å². The normalized spacial score (nSPS) is 19.3. The first-order valence-electron chi connectivity index (χ1n) is 24.8. The van der Waals surface area contributed by atoms with Gasteiger partial charge >= 0.3 is 12.2 Å². The van der Waals surface area contributed by atoms with E-state index in [1.807, 2.05) is 0 Å². The molecule has 2 aliphatic rings. The first-order chi connectivity index (χ1) is 34.2. The fourth-order valence-corrected chi connectivity index (χ4v) is 9.47. The smallest absolute Gasteiger partial charge is 0.410 e. The van der Waals surface area contributed by atoms with Crippen LogP contribution in [0.4, 0.5) is 35.9 Å². The highest BCUT2D eigenvalue weighted by Gasteiger charge is 2.50. The maximum absolute atomic E-state index is 15.7. The number of hydrogen-bond acceptors (Lipinski definition) is 9. The average Bonchev–Trinajstić information content (AvgIpc) is 4.02. The summed E-state index contributed by atoms with van der Waals surface area (Å²) in [7, 11) is 2.73. The molecule has 2 aromatic heterocycles. The molecule has 0 saturated carbocycles. The Labute approximate surface area is 426 Å². The van der Waals surface area contributed by atoms with E-state index >= 15 is 17.6 Å². The topological polar surface area (TPSA) is 179 Å². The number of amides is 5. The first kappa shape index (κ1) is 56.9. The second-order valence-electron chi connectivity index (χ2n) is 21.7. The Morgan fingerprint density at radius 1 is 0.784 bits per heavy atom. The summed E-state index contributed by atoms with van der Waals surface area (Å²) in [4.78, 5) is 93.4. The number of halogens is 6. The van der Waals surface area contributed by atoms with E-state index < -0.39 is 132 Å². The van der Waals surface area contributed by atoms with Crippen LogP contribution in [0.3, 0.4) is 0 Å². The first-order valence-corrected chi connectivity index (χ1v) is 24.8. The summed E-state index contributed by atoms with van der Waals surface area (Å²) in [6.07, 6.45) is -3.76. The summed E-state index contributed by atoms with van der Waals surface area (Å²) in [6, 6.07) is 1.43. The van der Waals surface area contributed by atoms with Crippen molar-refractivity contribution in [2.45, 2.75) is 168 Å². The minimum Gasteiger partial charge on any atom is -0.444 e. The molecule has 6 atom stereocenters. The number of alkyl halides is 4. The van der Waals surface area contributed by atoms with Gasteiger partial charge in [0.25, 0.3) is 11.8 Å². The highest BCUT2D eigenvalue weighted by Crippen LogP contribution is 2.41. The van der Waals surface area contributed by atoms with Crippen molar-refractivity contribution in [2.75, 3.05) is 27.2 Å². The van der Waals surface area contributed by atoms with E-state index in [1.165, 1.54) is 50.7 Å². The van der Waals surface area contributed by atoms with Crippen LogP contribution >= 0.6 is 0 Å². The van der Waals surface area contributed by atoms with Crippen molar-refractivity contribution < 1.29 is 64.6 Å². The number of carbonyl (C=O) groups is 6. The molecule has 4 aromatic rings. The molecule has 22 heteroatoms. The molecule has 0 spiro atoms. The molecule has 2 fully saturated rings. The Morgan fingerprint density at radius 3 is 1.89 bits per heavy atom. The van der Waals surface area contributed by atoms with Crippen LogP contribution in [0.15, 0.2) is 36.4 Å². The number of rotatable bonds is 16. The van der Waals surface area contributed by atoms with Crippen molar-refractivity contribution in [2.24, 2.45) is 5.92 Å². The number of benzene rings is 2. The number of H-pyrrole nitrogens is 1. The number of hydrogen-bond donors (Lipinski definition) is 2. The summed E-state index contributed by atoms with van der Waals surface area (Å²) in [5.74, 6) is -12.0. The number of aromatic nitrogens is 3. The van der Waals surface area contributed by atoms with Gasteiger partial charge in [0.15, 0.2) is 11.6 Å². The van der Waals surface area contributed by atoms with Crippen LogP contribution in [0.25, 0.3) is 33.5 Å². The number of aromatic amines is 1. The predicted molar refractivity (Wildman–Crippen MR) is 263 cm³/mol. The van der Waals surface area contributed by atoms with Gasteiger partial charge in [0.05, 0.1) is 41.9 Å². The molecule has 2 N–H and O–H groups in total. The molecule has 74 heavy (non-hydrogen) atoms. The minimum absolute atomic E-state index is 0.00179. The van der Waals surface area contributed by atoms with E-state index in [2.05, 4.69) is 10.3 Å². The zero-order valence-electron chi connectivity index (χ0n) is 44.0. The number of likely N-dealkylation sites (tertiary alicyclic amines) is 2. The Morgan fingerprint density at radius 2 is 1.32 bits per heavy atom. The van der Waals surface area contributed by atoms with Crippen molar-refractivity contribution >= 4 is 57.6 Å². The summed E-state index contributed by atoms with van der Waals surface area (Å²) in [6.45, 7) is 13.7. The van der Waals surface area contributed by atoms with E-state index in [0.717, 1.165) is 37.8 Å². The number of nitrogens with zero attached hydrogens (tertiary/aromatic N) is 6. The molecular weight excluding hydrogens is 979 g/mol. The van der Waals surface area contributed by atoms with E-state index in [-0.39, 0.29) is 65.9 Å². The molecule has 6 rings (SSSR count). The molecule has 0 unspecified atom stereocenters. The number of likely N-dealkylation sites (N-methyl/N-ethyl adjacent to an activating group) is 2. The molecule has 2 aliphatic heterocycles. The predicted octanol–water partition coefficient (Wildman–Crippen LogP) is 8.87. The SMILES string of the molecule is CC[C@H](CC(=O)[C@H](C)N(C)C(=O)OC(C)(C)C)C(=O)N1CC(F)(F)C[C@H]1Cc1c(-c2nc3cc(F)ccc3n2C[C@@H]2CC(F)(F)CN2C(=O)[C@H](CC)NC(=O)[C@H](C)N(C)C(=O)OC(C)(C)C)[nH]c2cc(F)ccc12. The largest absolute Gasteiger partial charge is 0.444 e. The van der Waals surface area contributed by atoms with Crippen molar-refractivity contribution in [1.29, 1.82) is 0 Å². The Kier molecular flexibility index (Phi) is 16.5. The lowest BCUT2D eigenvalue weighted by Crippen LogP contribution is -2.55. The number of carbonyl (C=O) groups excluding carboxylic acids is 6. The van der Waals surface area contributed by atoms with E-state index in [9.17, 15) is 37.5 Å². The number of ketones is 1. The molecule has 0 bridgehead atoms. The van der Waals surface area contributed by atoms with Gasteiger partial charge in [0.1, 0.15) is 34.9 Å². The lowest BCUT2D eigenvalue weighted by atomic mass is 9.93. The highest BCUT2D eigenvalue weighted by atomic mass is 19.3. The summed E-state index contributed by atoms with van der Waals surface area (Å²) < 4.78 is 105. The Hall–Kier alpha value is -6.35. The van der Waals surface area contributed by atoms with Gasteiger partial charge in [-0.05, 0) is 111 Å². The highest BCUT2D eigenvalue weighted by molar-refractivity contribution is 5.94. The van der Waals surface area contributed by atoms with Gasteiger partial charge < -0.3 is 39.0 Å². The van der Waals surface area contributed by atoms with Crippen LogP contribution in [0.2, 0.25) is 0 Å². The fraction of sp³-hybridized carbons (Fsp3) is 0.596. The molecule has 16 nitrogen and oxygen atoms in total. The number of nitrogens with one attached hydrogen (secondary N) is 2. The summed E-state index contributed by atoms with van der Waals surface area (Å²) >= 11 is 0. The van der Waals surface area contributed by atoms with Gasteiger partial charge in [-0.3, -0.25) is 24.1 Å². The van der Waals surface area contributed by atoms with Crippen LogP contribution < -0.4 is 5.32 Å². The summed E-state index contributed by atoms with van der Waals surface area (Å²) in [5, 5.41) is 2.96. The monoisotopic (exact) mass is 1050 g/mol. The Bertz CT molecular complexity index is 2600. The third-order valence-corrected chi connectivity index (χ3v) is 13.6. The van der Waals surface area contributed by atoms with Crippen molar-refractivity contribution in [3.05, 3.63) is 53.6 Å². The zero-order chi connectivity index (χ0) is 55.2. The fourth-order valence-electron chi connectivity index (χ4n) is 9.47. The second-order valence-corrected chi connectivity index (χ2v) is 21.7. The van der Waals surface area contributed by atoms with Crippen LogP contribution in [0.1, 0.15) is 107 Å². The Balaban J connectivity index is 1.34. The van der Waals surface area contributed by atoms with Gasteiger partial charge in [0, 0.05) is 68.8 Å². The number of Topliss-reactive ketones (excluding diaryl/α,β-unsaturated/α-hetero) is 1. The average molecular weight is 1050 g/mol. The standard InChI is InChI=1S/C52H68F6N8O8/c1-13-30(19-41(67)28(3)62(11)47(71)73-49(5,6)7)45(69)65-26-51(55,56)23-33(65)22-36-35-17-15-31(53)20-38(35)59-42(36)43-60-39-21-32(54)16-18-40(39)64(43)25-34-24-52(57,58)27-66(34)46(70)37(14-2)61-44(68)29(4)63(12)48(72)74-50(8,9)10/h15-18,20-21,28-30,33-34,37,59H,13-14,19,22-27H2,1-12H3,(H,61,68)/t28-,29-,30+,33+,34-,37-/m0/s1. The third kappa shape index (κ3) is 12.9. The number of imidazole rings is 1. The molecule has 0 radical (unpaired) electrons. The van der Waals surface area contributed by atoms with E-state index in [4.69, 9.17) is 14.5 Å². The van der Waals surface area contributed by atoms with Gasteiger partial charge in [-0.15, -0.1) is 0 Å². The van der Waals surface area contributed by atoms with Crippen LogP contribution in [-0.2, 0) is 41.6 Å². The molecule has 4 heterocycles. The van der Waals surface area contributed by atoms with E-state index in [0.29, 0.717) is 5.39 Å². The van der Waals surface area contributed by atoms with Crippen molar-refractivity contribution in [3.8, 4) is 11.5 Å². The second kappa shape index (κ2) is 21.5. The maximum Gasteiger partial charge on any atom is 0.410 e. The quantitative estimate of drug-likeness (QED) is 0.104. The lowest BCUT2D eigenvalue weighted by Gasteiger charge is -2.31. The van der Waals surface area contributed by atoms with Gasteiger partial charge in [-0.1, -0.05) is 13.8 Å². The van der Waals surface area contributed by atoms with Crippen LogP contribution in [0.5, 0.6) is 0 Å². The van der Waals surface area contributed by atoms with Gasteiger partial charge in [0.2, 0.25) is 17.7 Å². The van der Waals surface area contributed by atoms with Crippen LogP contribution in [0, 0.1) is 17.6 Å². The number of ether oxygens (including phenoxy) is 2.